The van der Waals surface area contributed by atoms with Crippen molar-refractivity contribution in [1.29, 1.82) is 0 Å². The number of piperazine rings is 1. The van der Waals surface area contributed by atoms with Crippen molar-refractivity contribution < 1.29 is 9.84 Å². The molecule has 0 saturated carbocycles. The maximum Gasteiger partial charge on any atom is 0.0947 e. The molecular weight excluding hydrogens is 372 g/mol. The highest BCUT2D eigenvalue weighted by Gasteiger charge is 2.21. The highest BCUT2D eigenvalue weighted by Crippen LogP contribution is 2.21. The van der Waals surface area contributed by atoms with Crippen molar-refractivity contribution in [2.75, 3.05) is 46.4 Å². The molecule has 164 valence electrons. The van der Waals surface area contributed by atoms with Crippen molar-refractivity contribution in [3.8, 4) is 0 Å². The van der Waals surface area contributed by atoms with Crippen LogP contribution in [0.2, 0.25) is 0 Å². The monoisotopic (exact) mass is 410 g/mol. The van der Waals surface area contributed by atoms with E-state index < -0.39 is 0 Å². The topological polar surface area (TPSA) is 35.9 Å². The Hall–Kier alpha value is -1.72. The van der Waals surface area contributed by atoms with Gasteiger partial charge in [-0.3, -0.25) is 4.90 Å². The summed E-state index contributed by atoms with van der Waals surface area (Å²) in [6.07, 6.45) is 4.11. The molecule has 0 spiro atoms. The first kappa shape index (κ1) is 23.0. The van der Waals surface area contributed by atoms with Crippen LogP contribution in [-0.4, -0.2) is 61.3 Å². The molecule has 0 aliphatic carbocycles. The van der Waals surface area contributed by atoms with E-state index in [9.17, 15) is 5.11 Å². The zero-order chi connectivity index (χ0) is 21.2. The molecule has 1 N–H and O–H groups in total. The number of aryl methyl sites for hydroxylation is 1. The number of nitrogens with zero attached hydrogens (tertiary/aromatic N) is 2. The van der Waals surface area contributed by atoms with Crippen molar-refractivity contribution >= 4 is 0 Å². The van der Waals surface area contributed by atoms with Crippen molar-refractivity contribution in [1.82, 2.24) is 9.80 Å². The molecule has 0 aromatic heterocycles. The second-order valence-electron chi connectivity index (χ2n) is 8.43. The minimum absolute atomic E-state index is 0.125. The van der Waals surface area contributed by atoms with Gasteiger partial charge in [0, 0.05) is 46.4 Å². The maximum atomic E-state index is 10.6. The minimum atomic E-state index is -0.376. The molecule has 4 nitrogen and oxygen atoms in total. The molecule has 30 heavy (non-hydrogen) atoms. The Morgan fingerprint density at radius 3 is 2.20 bits per heavy atom. The van der Waals surface area contributed by atoms with Gasteiger partial charge in [0.2, 0.25) is 0 Å². The van der Waals surface area contributed by atoms with Crippen molar-refractivity contribution in [3.05, 3.63) is 71.3 Å². The van der Waals surface area contributed by atoms with Crippen LogP contribution in [0.1, 0.15) is 55.1 Å². The molecule has 0 radical (unpaired) electrons. The number of benzene rings is 2. The normalized spacial score (nSPS) is 17.7. The first-order valence-corrected chi connectivity index (χ1v) is 11.5. The molecular formula is C26H38N2O2. The minimum Gasteiger partial charge on any atom is -0.388 e. The lowest BCUT2D eigenvalue weighted by Gasteiger charge is -2.36. The van der Waals surface area contributed by atoms with E-state index in [1.54, 1.807) is 7.11 Å². The molecule has 2 aromatic carbocycles. The Labute approximate surface area is 182 Å². The van der Waals surface area contributed by atoms with Crippen LogP contribution in [-0.2, 0) is 11.2 Å². The highest BCUT2D eigenvalue weighted by molar-refractivity contribution is 5.24. The third-order valence-electron chi connectivity index (χ3n) is 6.25. The molecule has 0 bridgehead atoms. The number of methoxy groups -OCH3 is 1. The van der Waals surface area contributed by atoms with Crippen LogP contribution in [0, 0.1) is 0 Å². The van der Waals surface area contributed by atoms with Crippen molar-refractivity contribution in [2.24, 2.45) is 0 Å². The van der Waals surface area contributed by atoms with Gasteiger partial charge in [-0.2, -0.15) is 0 Å². The van der Waals surface area contributed by atoms with Crippen LogP contribution in [0.5, 0.6) is 0 Å². The van der Waals surface area contributed by atoms with Gasteiger partial charge in [0.05, 0.1) is 12.2 Å². The van der Waals surface area contributed by atoms with E-state index in [-0.39, 0.29) is 12.2 Å². The molecule has 2 atom stereocenters. The summed E-state index contributed by atoms with van der Waals surface area (Å²) in [5.74, 6) is 0. The van der Waals surface area contributed by atoms with Gasteiger partial charge >= 0.3 is 0 Å². The molecule has 1 fully saturated rings. The van der Waals surface area contributed by atoms with Gasteiger partial charge in [0.1, 0.15) is 0 Å². The van der Waals surface area contributed by atoms with Gasteiger partial charge in [0.15, 0.2) is 0 Å². The van der Waals surface area contributed by atoms with Crippen LogP contribution in [0.15, 0.2) is 54.6 Å². The van der Waals surface area contributed by atoms with Gasteiger partial charge in [-0.1, -0.05) is 67.9 Å². The fraction of sp³-hybridized carbons (Fsp3) is 0.538. The Bertz CT molecular complexity index is 712. The molecule has 1 heterocycles. The first-order valence-electron chi connectivity index (χ1n) is 11.5. The molecule has 1 saturated heterocycles. The fourth-order valence-electron chi connectivity index (χ4n) is 4.17. The second kappa shape index (κ2) is 12.2. The van der Waals surface area contributed by atoms with E-state index in [1.807, 2.05) is 6.07 Å². The van der Waals surface area contributed by atoms with Crippen LogP contribution in [0.4, 0.5) is 0 Å². The van der Waals surface area contributed by atoms with Gasteiger partial charge in [-0.05, 0) is 36.0 Å². The summed E-state index contributed by atoms with van der Waals surface area (Å²) in [4.78, 5) is 4.96. The van der Waals surface area contributed by atoms with Crippen LogP contribution in [0.3, 0.4) is 0 Å². The van der Waals surface area contributed by atoms with Crippen LogP contribution in [0.25, 0.3) is 0 Å². The predicted octanol–water partition coefficient (Wildman–Crippen LogP) is 4.46. The van der Waals surface area contributed by atoms with Gasteiger partial charge in [-0.15, -0.1) is 0 Å². The molecule has 0 amide bonds. The molecule has 2 aromatic rings. The lowest BCUT2D eigenvalue weighted by atomic mass is 10.0. The van der Waals surface area contributed by atoms with Gasteiger partial charge in [0.25, 0.3) is 0 Å². The summed E-state index contributed by atoms with van der Waals surface area (Å²) in [6, 6.07) is 19.0. The number of rotatable bonds is 11. The van der Waals surface area contributed by atoms with E-state index in [4.69, 9.17) is 4.74 Å². The smallest absolute Gasteiger partial charge is 0.0947 e. The van der Waals surface area contributed by atoms with E-state index in [0.717, 1.165) is 57.7 Å². The Balaban J connectivity index is 1.39. The SMILES string of the molecule is CCCCc1ccc(C(O)CCN2CCN(CC(OC)c3ccccc3)CC2)cc1. The van der Waals surface area contributed by atoms with E-state index >= 15 is 0 Å². The average molecular weight is 411 g/mol. The quantitative estimate of drug-likeness (QED) is 0.593. The molecule has 1 aliphatic heterocycles. The number of ether oxygens (including phenoxy) is 1. The lowest BCUT2D eigenvalue weighted by molar-refractivity contribution is 0.0387. The van der Waals surface area contributed by atoms with E-state index in [2.05, 4.69) is 65.3 Å². The fourth-order valence-corrected chi connectivity index (χ4v) is 4.17. The van der Waals surface area contributed by atoms with Crippen molar-refractivity contribution in [3.63, 3.8) is 0 Å². The first-order chi connectivity index (χ1) is 14.7. The summed E-state index contributed by atoms with van der Waals surface area (Å²) in [6.45, 7) is 8.29. The van der Waals surface area contributed by atoms with Crippen LogP contribution < -0.4 is 0 Å². The number of unbranched alkanes of at least 4 members (excludes halogenated alkanes) is 1. The Kier molecular flexibility index (Phi) is 9.34. The zero-order valence-corrected chi connectivity index (χ0v) is 18.7. The van der Waals surface area contributed by atoms with E-state index in [0.29, 0.717) is 0 Å². The highest BCUT2D eigenvalue weighted by atomic mass is 16.5. The maximum absolute atomic E-state index is 10.6. The van der Waals surface area contributed by atoms with Crippen LogP contribution >= 0.6 is 0 Å². The lowest BCUT2D eigenvalue weighted by Crippen LogP contribution is -2.47. The zero-order valence-electron chi connectivity index (χ0n) is 18.7. The third kappa shape index (κ3) is 6.92. The summed E-state index contributed by atoms with van der Waals surface area (Å²) in [5, 5.41) is 10.6. The van der Waals surface area contributed by atoms with E-state index in [1.165, 1.54) is 24.0 Å². The molecule has 1 aliphatic rings. The standard InChI is InChI=1S/C26H38N2O2/c1-3-4-8-22-11-13-23(14-12-22)25(29)15-16-27-17-19-28(20-18-27)21-26(30-2)24-9-6-5-7-10-24/h5-7,9-14,25-26,29H,3-4,8,15-21H2,1-2H3. The molecule has 4 heteroatoms. The van der Waals surface area contributed by atoms with Gasteiger partial charge in [-0.25, -0.2) is 0 Å². The van der Waals surface area contributed by atoms with Gasteiger partial charge < -0.3 is 14.7 Å². The predicted molar refractivity (Wildman–Crippen MR) is 124 cm³/mol. The number of hydrogen-bond acceptors (Lipinski definition) is 4. The Morgan fingerprint density at radius 2 is 1.57 bits per heavy atom. The third-order valence-corrected chi connectivity index (χ3v) is 6.25. The summed E-state index contributed by atoms with van der Waals surface area (Å²) in [7, 11) is 1.80. The largest absolute Gasteiger partial charge is 0.388 e. The summed E-state index contributed by atoms with van der Waals surface area (Å²) < 4.78 is 5.74. The number of aliphatic hydroxyl groups excluding tert-OH is 1. The summed E-state index contributed by atoms with van der Waals surface area (Å²) >= 11 is 0. The second-order valence-corrected chi connectivity index (χ2v) is 8.43. The molecule has 3 rings (SSSR count). The average Bonchev–Trinajstić information content (AvgIpc) is 2.81. The number of hydrogen-bond donors (Lipinski definition) is 1. The Morgan fingerprint density at radius 1 is 0.900 bits per heavy atom. The number of aliphatic hydroxyl groups is 1. The van der Waals surface area contributed by atoms with Crippen molar-refractivity contribution in [2.45, 2.75) is 44.8 Å². The summed E-state index contributed by atoms with van der Waals surface area (Å²) in [5.41, 5.74) is 3.65. The molecule has 2 unspecified atom stereocenters.